The van der Waals surface area contributed by atoms with E-state index in [4.69, 9.17) is 8.23 Å². The summed E-state index contributed by atoms with van der Waals surface area (Å²) in [6.07, 6.45) is 2.68. The molecule has 0 rings (SSSR count). The first-order chi connectivity index (χ1) is 8.33. The quantitative estimate of drug-likeness (QED) is 0.463. The smallest absolute Gasteiger partial charge is 0.314 e. The highest BCUT2D eigenvalue weighted by atomic mass is 28.5. The highest BCUT2D eigenvalue weighted by Crippen LogP contribution is 2.26. The number of unbranched alkanes of at least 4 members (excludes halogenated alkanes) is 1. The summed E-state index contributed by atoms with van der Waals surface area (Å²) >= 11 is 0. The summed E-state index contributed by atoms with van der Waals surface area (Å²) in [5, 5.41) is 0. The van der Waals surface area contributed by atoms with Crippen LogP contribution in [-0.2, 0) is 13.0 Å². The lowest BCUT2D eigenvalue weighted by molar-refractivity contribution is -0.117. The predicted octanol–water partition coefficient (Wildman–Crippen LogP) is 4.52. The molecule has 0 bridgehead atoms. The summed E-state index contributed by atoms with van der Waals surface area (Å²) in [6.45, 7) is 17.2. The lowest BCUT2D eigenvalue weighted by Gasteiger charge is -2.38. The average molecular weight is 321 g/mol. The van der Waals surface area contributed by atoms with Crippen molar-refractivity contribution in [2.75, 3.05) is 0 Å². The van der Waals surface area contributed by atoms with Crippen molar-refractivity contribution in [3.8, 4) is 0 Å². The molecule has 0 atom stereocenters. The first-order valence-electron chi connectivity index (χ1n) is 7.23. The molecule has 0 aromatic carbocycles. The average Bonchev–Trinajstić information content (AvgIpc) is 2.05. The predicted molar refractivity (Wildman–Crippen MR) is 89.8 cm³/mol. The van der Waals surface area contributed by atoms with Crippen LogP contribution in [0.1, 0.15) is 26.2 Å². The zero-order valence-electron chi connectivity index (χ0n) is 14.1. The van der Waals surface area contributed by atoms with Gasteiger partial charge in [-0.1, -0.05) is 6.42 Å². The molecule has 19 heavy (non-hydrogen) atoms. The summed E-state index contributed by atoms with van der Waals surface area (Å²) in [5.74, 6) is 0.278. The second-order valence-corrected chi connectivity index (χ2v) is 20.3. The molecule has 6 heteroatoms. The summed E-state index contributed by atoms with van der Waals surface area (Å²) in [5.41, 5.74) is 0. The molecule has 0 aromatic heterocycles. The van der Waals surface area contributed by atoms with Gasteiger partial charge in [0.15, 0.2) is 16.6 Å². The zero-order chi connectivity index (χ0) is 15.3. The van der Waals surface area contributed by atoms with E-state index in [1.807, 2.05) is 0 Å². The van der Waals surface area contributed by atoms with Gasteiger partial charge in [-0.2, -0.15) is 0 Å². The standard InChI is InChI=1S/C13H32O3Si3/c1-13(14)11-9-10-12-19(8,15-17(2,3)4)16-18(5,6)7/h9-12H2,1-8H3. The molecule has 0 fully saturated rings. The van der Waals surface area contributed by atoms with Crippen LogP contribution in [-0.4, -0.2) is 31.0 Å². The normalized spacial score (nSPS) is 13.7. The van der Waals surface area contributed by atoms with Crippen LogP contribution in [0.15, 0.2) is 0 Å². The highest BCUT2D eigenvalue weighted by molar-refractivity contribution is 6.87. The molecule has 0 aliphatic heterocycles. The Morgan fingerprint density at radius 2 is 1.26 bits per heavy atom. The Bertz CT molecular complexity index is 276. The van der Waals surface area contributed by atoms with E-state index in [0.717, 1.165) is 18.9 Å². The molecule has 0 saturated heterocycles. The van der Waals surface area contributed by atoms with Crippen molar-refractivity contribution in [3.63, 3.8) is 0 Å². The zero-order valence-corrected chi connectivity index (χ0v) is 17.1. The van der Waals surface area contributed by atoms with E-state index in [-0.39, 0.29) is 5.78 Å². The molecule has 3 nitrogen and oxygen atoms in total. The minimum absolute atomic E-state index is 0.278. The van der Waals surface area contributed by atoms with Crippen LogP contribution < -0.4 is 0 Å². The molecule has 0 N–H and O–H groups in total. The number of ketones is 1. The number of hydrogen-bond donors (Lipinski definition) is 0. The molecule has 0 radical (unpaired) electrons. The van der Waals surface area contributed by atoms with Crippen molar-refractivity contribution < 1.29 is 13.0 Å². The maximum Gasteiger partial charge on any atom is 0.314 e. The Morgan fingerprint density at radius 3 is 1.58 bits per heavy atom. The minimum Gasteiger partial charge on any atom is -0.437 e. The van der Waals surface area contributed by atoms with Gasteiger partial charge in [0.2, 0.25) is 0 Å². The third-order valence-corrected chi connectivity index (χ3v) is 12.1. The van der Waals surface area contributed by atoms with Crippen molar-refractivity contribution in [2.45, 2.75) is 78.1 Å². The van der Waals surface area contributed by atoms with Gasteiger partial charge in [0.25, 0.3) is 0 Å². The second-order valence-electron chi connectivity index (χ2n) is 7.47. The van der Waals surface area contributed by atoms with E-state index in [1.54, 1.807) is 6.92 Å². The van der Waals surface area contributed by atoms with E-state index in [1.165, 1.54) is 0 Å². The summed E-state index contributed by atoms with van der Waals surface area (Å²) < 4.78 is 12.8. The lowest BCUT2D eigenvalue weighted by atomic mass is 10.2. The van der Waals surface area contributed by atoms with Gasteiger partial charge in [-0.15, -0.1) is 0 Å². The molecule has 0 aliphatic carbocycles. The van der Waals surface area contributed by atoms with Crippen LogP contribution in [0.3, 0.4) is 0 Å². The molecule has 0 aromatic rings. The summed E-state index contributed by atoms with van der Waals surface area (Å²) in [7, 11) is -5.24. The van der Waals surface area contributed by atoms with Gasteiger partial charge in [0.05, 0.1) is 0 Å². The molecule has 0 saturated carbocycles. The molecule has 114 valence electrons. The van der Waals surface area contributed by atoms with Gasteiger partial charge in [-0.3, -0.25) is 0 Å². The van der Waals surface area contributed by atoms with Gasteiger partial charge in [0, 0.05) is 6.42 Å². The molecule has 0 heterocycles. The maximum absolute atomic E-state index is 11.0. The van der Waals surface area contributed by atoms with Crippen LogP contribution >= 0.6 is 0 Å². The number of rotatable bonds is 9. The molecular formula is C13H32O3Si3. The van der Waals surface area contributed by atoms with E-state index >= 15 is 0 Å². The molecular weight excluding hydrogens is 288 g/mol. The van der Waals surface area contributed by atoms with Crippen LogP contribution in [0.5, 0.6) is 0 Å². The van der Waals surface area contributed by atoms with E-state index < -0.39 is 25.2 Å². The van der Waals surface area contributed by atoms with E-state index in [2.05, 4.69) is 45.8 Å². The molecule has 0 aliphatic rings. The topological polar surface area (TPSA) is 35.5 Å². The van der Waals surface area contributed by atoms with Crippen molar-refractivity contribution >= 4 is 31.0 Å². The second kappa shape index (κ2) is 7.31. The Kier molecular flexibility index (Phi) is 7.40. The summed E-state index contributed by atoms with van der Waals surface area (Å²) in [6, 6.07) is 1.01. The largest absolute Gasteiger partial charge is 0.437 e. The number of carbonyl (C=O) groups excluding carboxylic acids is 1. The van der Waals surface area contributed by atoms with Gasteiger partial charge >= 0.3 is 8.56 Å². The van der Waals surface area contributed by atoms with Gasteiger partial charge in [-0.25, -0.2) is 0 Å². The number of carbonyl (C=O) groups is 1. The fourth-order valence-electron chi connectivity index (χ4n) is 2.24. The van der Waals surface area contributed by atoms with Gasteiger partial charge in [0.1, 0.15) is 5.78 Å². The summed E-state index contributed by atoms with van der Waals surface area (Å²) in [4.78, 5) is 11.0. The molecule has 0 spiro atoms. The van der Waals surface area contributed by atoms with Crippen LogP contribution in [0.4, 0.5) is 0 Å². The van der Waals surface area contributed by atoms with Gasteiger partial charge in [-0.05, 0) is 65.2 Å². The Balaban J connectivity index is 4.54. The maximum atomic E-state index is 11.0. The molecule has 0 unspecified atom stereocenters. The lowest BCUT2D eigenvalue weighted by Crippen LogP contribution is -2.52. The number of Topliss-reactive ketones (excluding diaryl/α,β-unsaturated/α-hetero) is 1. The van der Waals surface area contributed by atoms with Crippen molar-refractivity contribution in [2.24, 2.45) is 0 Å². The van der Waals surface area contributed by atoms with Crippen molar-refractivity contribution in [1.82, 2.24) is 0 Å². The first-order valence-corrected chi connectivity index (χ1v) is 16.6. The number of hydrogen-bond acceptors (Lipinski definition) is 3. The Morgan fingerprint density at radius 1 is 0.842 bits per heavy atom. The minimum atomic E-state index is -2.08. The first kappa shape index (κ1) is 19.2. The monoisotopic (exact) mass is 320 g/mol. The van der Waals surface area contributed by atoms with E-state index in [9.17, 15) is 4.79 Å². The fraction of sp³-hybridized carbons (Fsp3) is 0.923. The van der Waals surface area contributed by atoms with Crippen LogP contribution in [0.2, 0.25) is 51.9 Å². The Hall–Kier alpha value is 0.241. The fourth-order valence-corrected chi connectivity index (χ4v) is 14.9. The van der Waals surface area contributed by atoms with Crippen molar-refractivity contribution in [3.05, 3.63) is 0 Å². The Labute approximate surface area is 122 Å². The third-order valence-electron chi connectivity index (χ3n) is 2.45. The van der Waals surface area contributed by atoms with Crippen molar-refractivity contribution in [1.29, 1.82) is 0 Å². The van der Waals surface area contributed by atoms with E-state index in [0.29, 0.717) is 6.42 Å². The third kappa shape index (κ3) is 11.7. The van der Waals surface area contributed by atoms with Crippen LogP contribution in [0.25, 0.3) is 0 Å². The highest BCUT2D eigenvalue weighted by Gasteiger charge is 2.39. The molecule has 0 amide bonds. The SMILES string of the molecule is CC(=O)CCCC[Si](C)(O[Si](C)(C)C)O[Si](C)(C)C. The van der Waals surface area contributed by atoms with Gasteiger partial charge < -0.3 is 13.0 Å². The van der Waals surface area contributed by atoms with Crippen LogP contribution in [0, 0.1) is 0 Å².